The van der Waals surface area contributed by atoms with E-state index in [1.54, 1.807) is 0 Å². The van der Waals surface area contributed by atoms with Crippen LogP contribution >= 0.6 is 79.2 Å². The first kappa shape index (κ1) is 354. The van der Waals surface area contributed by atoms with E-state index in [4.69, 9.17) is 102 Å². The van der Waals surface area contributed by atoms with E-state index in [1.807, 2.05) is 0 Å². The van der Waals surface area contributed by atoms with E-state index in [2.05, 4.69) is 350 Å². The predicted octanol–water partition coefficient (Wildman–Crippen LogP) is 25.6. The molecule has 0 amide bonds. The second kappa shape index (κ2) is 545. The summed E-state index contributed by atoms with van der Waals surface area (Å²) in [5.74, 6) is 0. The molecule has 0 aliphatic carbocycles. The van der Waals surface area contributed by atoms with Gasteiger partial charge < -0.3 is 102 Å². The summed E-state index contributed by atoms with van der Waals surface area (Å²) in [5, 5.41) is 135. The Morgan fingerprint density at radius 3 is 0.105 bits per heavy atom. The maximum absolute atomic E-state index is 6.75. The van der Waals surface area contributed by atoms with Crippen molar-refractivity contribution < 1.29 is 576 Å². The van der Waals surface area contributed by atoms with Crippen LogP contribution in [0, 0.1) is 142 Å². The first-order chi connectivity index (χ1) is 53.5. The van der Waals surface area contributed by atoms with Gasteiger partial charge in [0.15, 0.2) is 0 Å². The Balaban J connectivity index is -0.00000000986. The zero-order valence-electron chi connectivity index (χ0n) is 86.5. The number of rotatable bonds is 30. The van der Waals surface area contributed by atoms with Gasteiger partial charge in [0.2, 0.25) is 0 Å². The maximum Gasteiger partial charge on any atom is 2.00 e. The van der Waals surface area contributed by atoms with Crippen molar-refractivity contribution in [2.75, 3.05) is 185 Å². The summed E-state index contributed by atoms with van der Waals surface area (Å²) in [7, 11) is 46.4. The van der Waals surface area contributed by atoms with Crippen LogP contribution in [-0.4, -0.2) is 287 Å². The molecule has 20 nitrogen and oxygen atoms in total. The van der Waals surface area contributed by atoms with E-state index in [9.17, 15) is 0 Å². The Hall–Kier alpha value is 18.9. The standard InChI is InChI=1S/10C6H15P.20CH3O.2Au.21Pd/c10*1-4-7(5-2)6-3;20*1-2;;;;;;;;;;;;;;;;;;;;;;;/h10*4-6H2,1-3H3;20*2H,1H2;;;;;;;;;;;;;;;;;;;;;;;/q;;;;;;;;;;20*-1;;;;;;;;;;;;;;;;;;6*+2/p+10. The third-order valence-corrected chi connectivity index (χ3v) is 45.0. The van der Waals surface area contributed by atoms with E-state index in [0.29, 0.717) is 0 Å². The number of aliphatic hydroxyl groups is 20. The molecule has 0 aliphatic heterocycles. The zero-order valence-corrected chi connectivity index (χ0v) is 134. The Bertz CT molecular complexity index is 633. The third kappa shape index (κ3) is 537. The molecule has 2 radical (unpaired) electrons. The fourth-order valence-corrected chi connectivity index (χ4v) is 22.5. The van der Waals surface area contributed by atoms with Gasteiger partial charge in [-0.3, -0.25) is 0 Å². The summed E-state index contributed by atoms with van der Waals surface area (Å²) in [6.45, 7) is 69.2. The minimum atomic E-state index is 0. The summed E-state index contributed by atoms with van der Waals surface area (Å²) in [5.41, 5.74) is 0. The van der Waals surface area contributed by atoms with Gasteiger partial charge in [-0.2, -0.15) is 0 Å². The monoisotopic (exact) mass is 4430 g/mol. The van der Waals surface area contributed by atoms with Gasteiger partial charge in [-0.1, -0.05) is 0 Å². The molecule has 0 spiro atoms. The molecule has 20 N–H and O–H groups in total. The molecule has 0 aromatic rings. The SMILES string of the molecule is CC[PH+](CC)CC.CC[PH+](CC)CC.CC[PH+](CC)CC.CC[PH+](CC)CC.CC[PH+](CC)CC.CC[PH+](CC)CC.CC[PH+](CC)CC.CC[PH+](CC)CC.CC[PH+](CC)CC.CC[PH+](CC)CC.[Au].[Au].[CH2-]O.[CH2-]O.[CH2-]O.[CH2-]O.[CH2-]O.[CH2-]O.[CH2-]O.[CH2-]O.[CH2-]O.[CH2-]O.[CH2-]O.[CH2-]O.[CH2-]O.[CH2-]O.[CH2-]O.[CH2-]O.[CH2-]O.[CH2-]O.[CH2-]O.[CH2-]O.[Pd+2].[Pd+2].[Pd+2].[Pd+2].[Pd+2].[Pd+2].[Pd].[Pd].[Pd].[Pd].[Pd].[Pd].[Pd].[Pd].[Pd].[Pd].[Pd].[Pd].[Pd].[Pd].[Pd]. The predicted molar refractivity (Wildman–Crippen MR) is 545 cm³/mol. The molecular weight excluding hydrogens is 4220 g/mol. The maximum atomic E-state index is 6.75. The third-order valence-electron chi connectivity index (χ3n) is 15.0. The van der Waals surface area contributed by atoms with Crippen molar-refractivity contribution in [3.63, 3.8) is 0 Å². The molecule has 940 valence electrons. The first-order valence-electron chi connectivity index (χ1n) is 38.1. The molecular formula is C80H220Au2O20P10Pd21+2. The van der Waals surface area contributed by atoms with Gasteiger partial charge in [-0.05, 0) is 287 Å². The largest absolute Gasteiger partial charge is 2.00 e. The average molecular weight is 4440 g/mol. The second-order valence-electron chi connectivity index (χ2n) is 18.1. The van der Waals surface area contributed by atoms with Crippen molar-refractivity contribution in [3.05, 3.63) is 142 Å². The minimum Gasteiger partial charge on any atom is -0.569 e. The Kier molecular flexibility index (Phi) is 1450. The molecule has 0 aliphatic rings. The molecule has 133 heavy (non-hydrogen) atoms. The Morgan fingerprint density at radius 1 is 0.0902 bits per heavy atom. The smallest absolute Gasteiger partial charge is 0.569 e. The van der Waals surface area contributed by atoms with Gasteiger partial charge in [0.25, 0.3) is 0 Å². The van der Waals surface area contributed by atoms with E-state index in [0.717, 1.165) is 0 Å². The topological polar surface area (TPSA) is 405 Å². The van der Waals surface area contributed by atoms with Crippen LogP contribution in [0.15, 0.2) is 0 Å². The number of hydrogen-bond donors (Lipinski definition) is 20. The minimum absolute atomic E-state index is 0. The van der Waals surface area contributed by atoms with E-state index < -0.39 is 0 Å². The van der Waals surface area contributed by atoms with Crippen molar-refractivity contribution in [2.45, 2.75) is 208 Å². The molecule has 0 rings (SSSR count). The van der Waals surface area contributed by atoms with Crippen LogP contribution in [0.5, 0.6) is 0 Å². The fraction of sp³-hybridized carbons (Fsp3) is 0.750. The molecule has 0 saturated carbocycles. The summed E-state index contributed by atoms with van der Waals surface area (Å²) >= 11 is 0. The van der Waals surface area contributed by atoms with Crippen LogP contribution < -0.4 is 0 Å². The van der Waals surface area contributed by atoms with Crippen LogP contribution in [-0.2, 0) is 474 Å². The molecule has 0 aromatic carbocycles. The van der Waals surface area contributed by atoms with Crippen LogP contribution in [0.1, 0.15) is 208 Å². The van der Waals surface area contributed by atoms with Gasteiger partial charge in [-0.15, -0.1) is 0 Å². The summed E-state index contributed by atoms with van der Waals surface area (Å²) in [4.78, 5) is 0. The fourth-order valence-electron chi connectivity index (χ4n) is 7.50. The molecule has 53 heteroatoms. The van der Waals surface area contributed by atoms with Crippen molar-refractivity contribution >= 4 is 79.2 Å². The molecule has 0 heterocycles. The normalized spacial score (nSPS) is 6.32. The van der Waals surface area contributed by atoms with E-state index >= 15 is 0 Å². The van der Waals surface area contributed by atoms with Gasteiger partial charge >= 0.3 is 123 Å². The molecule has 0 aromatic heterocycles. The quantitative estimate of drug-likeness (QED) is 0.0180. The zero-order chi connectivity index (χ0) is 97.0. The molecule has 0 fully saturated rings. The first-order valence-corrected chi connectivity index (χ1v) is 59.4. The van der Waals surface area contributed by atoms with Gasteiger partial charge in [0.1, 0.15) is 0 Å². The van der Waals surface area contributed by atoms with Crippen molar-refractivity contribution in [2.24, 2.45) is 0 Å². The van der Waals surface area contributed by atoms with Crippen molar-refractivity contribution in [1.29, 1.82) is 0 Å². The summed E-state index contributed by atoms with van der Waals surface area (Å²) in [6, 6.07) is 0. The molecule has 0 saturated heterocycles. The molecule has 0 bridgehead atoms. The van der Waals surface area contributed by atoms with E-state index in [1.165, 1.54) is 185 Å². The second-order valence-corrected chi connectivity index (χ2v) is 54.3. The van der Waals surface area contributed by atoms with Crippen LogP contribution in [0.25, 0.3) is 0 Å². The number of hydrogen-bond acceptors (Lipinski definition) is 20. The Labute approximate surface area is 1170 Å². The van der Waals surface area contributed by atoms with Gasteiger partial charge in [0.05, 0.1) is 185 Å². The summed E-state index contributed by atoms with van der Waals surface area (Å²) in [6.07, 6.45) is 43.7. The Morgan fingerprint density at radius 2 is 0.105 bits per heavy atom. The van der Waals surface area contributed by atoms with E-state index in [-0.39, 0.29) is 553 Å². The van der Waals surface area contributed by atoms with Crippen molar-refractivity contribution in [3.8, 4) is 0 Å². The van der Waals surface area contributed by atoms with Crippen LogP contribution in [0.4, 0.5) is 0 Å². The molecule has 0 atom stereocenters. The van der Waals surface area contributed by atoms with Crippen molar-refractivity contribution in [1.82, 2.24) is 0 Å². The van der Waals surface area contributed by atoms with Crippen LogP contribution in [0.3, 0.4) is 0 Å². The van der Waals surface area contributed by atoms with Gasteiger partial charge in [-0.25, -0.2) is 142 Å². The molecule has 0 unspecified atom stereocenters. The summed E-state index contributed by atoms with van der Waals surface area (Å²) < 4.78 is 0. The average Bonchev–Trinajstić information content (AvgIpc) is 1.22. The number of aliphatic hydroxyl groups excluding tert-OH is 20. The van der Waals surface area contributed by atoms with Crippen LogP contribution in [0.2, 0.25) is 0 Å². The van der Waals surface area contributed by atoms with Gasteiger partial charge in [0, 0.05) is 351 Å².